The van der Waals surface area contributed by atoms with Gasteiger partial charge in [-0.25, -0.2) is 13.4 Å². The number of hydrogen-bond acceptors (Lipinski definition) is 8. The Balaban J connectivity index is 1.60. The molecule has 0 spiro atoms. The van der Waals surface area contributed by atoms with E-state index in [1.165, 1.54) is 6.26 Å². The number of pyridine rings is 1. The lowest BCUT2D eigenvalue weighted by Gasteiger charge is -2.32. The molecule has 0 amide bonds. The van der Waals surface area contributed by atoms with Crippen LogP contribution in [0, 0.1) is 6.92 Å². The van der Waals surface area contributed by atoms with E-state index in [2.05, 4.69) is 25.3 Å². The molecule has 3 heterocycles. The van der Waals surface area contributed by atoms with Crippen LogP contribution < -0.4 is 5.32 Å². The lowest BCUT2D eigenvalue weighted by atomic mass is 10.0. The topological polar surface area (TPSA) is 101 Å². The first-order valence-electron chi connectivity index (χ1n) is 8.33. The van der Waals surface area contributed by atoms with Gasteiger partial charge in [-0.15, -0.1) is 0 Å². The molecular formula is C16H23N5O3S. The van der Waals surface area contributed by atoms with Gasteiger partial charge in [-0.2, -0.15) is 4.98 Å². The summed E-state index contributed by atoms with van der Waals surface area (Å²) in [6.07, 6.45) is 4.88. The SMILES string of the molecule is Cc1noc(-c2cccnc2NC2CCN(CCS(C)(=O)=O)CC2)n1. The smallest absolute Gasteiger partial charge is 0.261 e. The molecule has 0 unspecified atom stereocenters. The molecule has 0 aliphatic carbocycles. The minimum Gasteiger partial charge on any atom is -0.367 e. The maximum absolute atomic E-state index is 11.3. The number of aromatic nitrogens is 3. The summed E-state index contributed by atoms with van der Waals surface area (Å²) in [6, 6.07) is 4.03. The third-order valence-electron chi connectivity index (χ3n) is 4.27. The van der Waals surface area contributed by atoms with E-state index in [0.717, 1.165) is 37.3 Å². The highest BCUT2D eigenvalue weighted by molar-refractivity contribution is 7.90. The number of anilines is 1. The second-order valence-corrected chi connectivity index (χ2v) is 8.70. The number of aryl methyl sites for hydroxylation is 1. The summed E-state index contributed by atoms with van der Waals surface area (Å²) in [5, 5.41) is 7.30. The van der Waals surface area contributed by atoms with Gasteiger partial charge in [0.2, 0.25) is 0 Å². The van der Waals surface area contributed by atoms with Crippen LogP contribution >= 0.6 is 0 Å². The molecule has 25 heavy (non-hydrogen) atoms. The molecule has 1 aliphatic heterocycles. The number of nitrogens with zero attached hydrogens (tertiary/aromatic N) is 4. The van der Waals surface area contributed by atoms with E-state index < -0.39 is 9.84 Å². The zero-order chi connectivity index (χ0) is 17.9. The normalized spacial score (nSPS) is 16.9. The number of hydrogen-bond donors (Lipinski definition) is 1. The van der Waals surface area contributed by atoms with Gasteiger partial charge in [-0.05, 0) is 31.9 Å². The predicted octanol–water partition coefficient (Wildman–Crippen LogP) is 1.36. The van der Waals surface area contributed by atoms with Crippen LogP contribution in [0.2, 0.25) is 0 Å². The zero-order valence-electron chi connectivity index (χ0n) is 14.5. The van der Waals surface area contributed by atoms with Gasteiger partial charge < -0.3 is 14.7 Å². The first-order chi connectivity index (χ1) is 11.9. The highest BCUT2D eigenvalue weighted by Gasteiger charge is 2.22. The van der Waals surface area contributed by atoms with Crippen molar-refractivity contribution in [2.45, 2.75) is 25.8 Å². The molecule has 8 nitrogen and oxygen atoms in total. The van der Waals surface area contributed by atoms with E-state index in [1.807, 2.05) is 12.1 Å². The summed E-state index contributed by atoms with van der Waals surface area (Å²) in [6.45, 7) is 4.12. The second-order valence-electron chi connectivity index (χ2n) is 6.44. The highest BCUT2D eigenvalue weighted by atomic mass is 32.2. The second kappa shape index (κ2) is 7.49. The minimum atomic E-state index is -2.91. The Morgan fingerprint density at radius 1 is 1.36 bits per heavy atom. The maximum atomic E-state index is 11.3. The molecule has 0 radical (unpaired) electrons. The van der Waals surface area contributed by atoms with Crippen molar-refractivity contribution in [1.29, 1.82) is 0 Å². The van der Waals surface area contributed by atoms with Gasteiger partial charge in [-0.3, -0.25) is 0 Å². The van der Waals surface area contributed by atoms with Gasteiger partial charge in [0.1, 0.15) is 15.7 Å². The number of likely N-dealkylation sites (tertiary alicyclic amines) is 1. The van der Waals surface area contributed by atoms with E-state index in [4.69, 9.17) is 4.52 Å². The van der Waals surface area contributed by atoms with Crippen LogP contribution in [0.15, 0.2) is 22.9 Å². The third kappa shape index (κ3) is 4.99. The maximum Gasteiger partial charge on any atom is 0.261 e. The summed E-state index contributed by atoms with van der Waals surface area (Å²) in [7, 11) is -2.91. The Morgan fingerprint density at radius 2 is 2.12 bits per heavy atom. The minimum absolute atomic E-state index is 0.214. The summed E-state index contributed by atoms with van der Waals surface area (Å²) < 4.78 is 27.8. The van der Waals surface area contributed by atoms with Crippen LogP contribution in [-0.2, 0) is 9.84 Å². The van der Waals surface area contributed by atoms with Crippen LogP contribution in [0.3, 0.4) is 0 Å². The summed E-state index contributed by atoms with van der Waals surface area (Å²) >= 11 is 0. The van der Waals surface area contributed by atoms with E-state index >= 15 is 0 Å². The fourth-order valence-corrected chi connectivity index (χ4v) is 3.48. The molecule has 1 aliphatic rings. The molecule has 0 atom stereocenters. The Kier molecular flexibility index (Phi) is 5.33. The molecule has 1 fully saturated rings. The molecule has 3 rings (SSSR count). The third-order valence-corrected chi connectivity index (χ3v) is 5.20. The Labute approximate surface area is 147 Å². The van der Waals surface area contributed by atoms with Crippen LogP contribution in [0.25, 0.3) is 11.5 Å². The van der Waals surface area contributed by atoms with Gasteiger partial charge in [0, 0.05) is 38.1 Å². The van der Waals surface area contributed by atoms with Crippen molar-refractivity contribution in [1.82, 2.24) is 20.0 Å². The van der Waals surface area contributed by atoms with Crippen LogP contribution in [0.1, 0.15) is 18.7 Å². The average Bonchev–Trinajstić information content (AvgIpc) is 3.00. The van der Waals surface area contributed by atoms with Crippen LogP contribution in [0.4, 0.5) is 5.82 Å². The lowest BCUT2D eigenvalue weighted by Crippen LogP contribution is -2.41. The summed E-state index contributed by atoms with van der Waals surface area (Å²) in [5.74, 6) is 2.00. The summed E-state index contributed by atoms with van der Waals surface area (Å²) in [5.41, 5.74) is 0.794. The number of nitrogens with one attached hydrogen (secondary N) is 1. The molecule has 1 saturated heterocycles. The first-order valence-corrected chi connectivity index (χ1v) is 10.4. The Morgan fingerprint density at radius 3 is 2.76 bits per heavy atom. The molecule has 136 valence electrons. The van der Waals surface area contributed by atoms with Crippen molar-refractivity contribution in [2.24, 2.45) is 0 Å². The van der Waals surface area contributed by atoms with E-state index in [9.17, 15) is 8.42 Å². The monoisotopic (exact) mass is 365 g/mol. The molecule has 9 heteroatoms. The van der Waals surface area contributed by atoms with Crippen molar-refractivity contribution in [3.05, 3.63) is 24.2 Å². The number of piperidine rings is 1. The fourth-order valence-electron chi connectivity index (χ4n) is 2.89. The molecule has 0 saturated carbocycles. The Bertz CT molecular complexity index is 813. The number of sulfone groups is 1. The standard InChI is InChI=1S/C16H23N5O3S/c1-12-18-16(24-20-12)14-4-3-7-17-15(14)19-13-5-8-21(9-6-13)10-11-25(2,22)23/h3-4,7,13H,5-6,8-11H2,1-2H3,(H,17,19). The molecular weight excluding hydrogens is 342 g/mol. The predicted molar refractivity (Wildman–Crippen MR) is 95.1 cm³/mol. The van der Waals surface area contributed by atoms with Gasteiger partial charge in [0.05, 0.1) is 11.3 Å². The molecule has 0 aromatic carbocycles. The van der Waals surface area contributed by atoms with Gasteiger partial charge in [0.25, 0.3) is 5.89 Å². The van der Waals surface area contributed by atoms with E-state index in [0.29, 0.717) is 18.3 Å². The van der Waals surface area contributed by atoms with Crippen LogP contribution in [0.5, 0.6) is 0 Å². The van der Waals surface area contributed by atoms with Gasteiger partial charge in [-0.1, -0.05) is 5.16 Å². The Hall–Kier alpha value is -2.00. The average molecular weight is 365 g/mol. The van der Waals surface area contributed by atoms with Crippen molar-refractivity contribution in [3.8, 4) is 11.5 Å². The van der Waals surface area contributed by atoms with E-state index in [1.54, 1.807) is 13.1 Å². The first kappa shape index (κ1) is 17.8. The molecule has 2 aromatic heterocycles. The zero-order valence-corrected chi connectivity index (χ0v) is 15.3. The highest BCUT2D eigenvalue weighted by Crippen LogP contribution is 2.26. The van der Waals surface area contributed by atoms with Gasteiger partial charge >= 0.3 is 0 Å². The van der Waals surface area contributed by atoms with Crippen molar-refractivity contribution in [3.63, 3.8) is 0 Å². The van der Waals surface area contributed by atoms with Crippen molar-refractivity contribution < 1.29 is 12.9 Å². The van der Waals surface area contributed by atoms with E-state index in [-0.39, 0.29) is 11.8 Å². The molecule has 1 N–H and O–H groups in total. The number of rotatable bonds is 6. The fraction of sp³-hybridized carbons (Fsp3) is 0.562. The molecule has 0 bridgehead atoms. The lowest BCUT2D eigenvalue weighted by molar-refractivity contribution is 0.230. The van der Waals surface area contributed by atoms with Crippen molar-refractivity contribution in [2.75, 3.05) is 37.0 Å². The quantitative estimate of drug-likeness (QED) is 0.819. The summed E-state index contributed by atoms with van der Waals surface area (Å²) in [4.78, 5) is 10.9. The largest absolute Gasteiger partial charge is 0.367 e. The van der Waals surface area contributed by atoms with Gasteiger partial charge in [0.15, 0.2) is 5.82 Å². The van der Waals surface area contributed by atoms with Crippen molar-refractivity contribution >= 4 is 15.7 Å². The molecule has 2 aromatic rings. The van der Waals surface area contributed by atoms with Crippen LogP contribution in [-0.4, -0.2) is 66.1 Å².